The lowest BCUT2D eigenvalue weighted by Crippen LogP contribution is -2.13. The minimum absolute atomic E-state index is 0.167. The lowest BCUT2D eigenvalue weighted by atomic mass is 10.3. The number of aromatic nitrogens is 3. The Labute approximate surface area is 104 Å². The molecule has 2 rings (SSSR count). The first kappa shape index (κ1) is 12.3. The van der Waals surface area contributed by atoms with E-state index in [1.54, 1.807) is 10.9 Å². The van der Waals surface area contributed by atoms with E-state index in [1.807, 2.05) is 13.8 Å². The monoisotopic (exact) mass is 249 g/mol. The van der Waals surface area contributed by atoms with Crippen molar-refractivity contribution in [3.05, 3.63) is 29.7 Å². The van der Waals surface area contributed by atoms with Crippen molar-refractivity contribution < 1.29 is 9.21 Å². The molecule has 0 aliphatic rings. The number of nitrogens with two attached hydrogens (primary N) is 1. The smallest absolute Gasteiger partial charge is 0.277 e. The van der Waals surface area contributed by atoms with Crippen LogP contribution >= 0.6 is 0 Å². The summed E-state index contributed by atoms with van der Waals surface area (Å²) in [4.78, 5) is 15.8. The highest BCUT2D eigenvalue weighted by Gasteiger charge is 2.14. The predicted molar refractivity (Wildman–Crippen MR) is 65.0 cm³/mol. The van der Waals surface area contributed by atoms with Crippen LogP contribution in [0.5, 0.6) is 0 Å². The Hall–Kier alpha value is -2.15. The van der Waals surface area contributed by atoms with Crippen LogP contribution in [0.3, 0.4) is 0 Å². The van der Waals surface area contributed by atoms with Crippen molar-refractivity contribution in [3.8, 4) is 0 Å². The van der Waals surface area contributed by atoms with E-state index < -0.39 is 0 Å². The minimum atomic E-state index is -0.336. The molecule has 3 N–H and O–H groups in total. The summed E-state index contributed by atoms with van der Waals surface area (Å²) in [6.45, 7) is 4.79. The molecular weight excluding hydrogens is 234 g/mol. The summed E-state index contributed by atoms with van der Waals surface area (Å²) in [5.41, 5.74) is 7.13. The second-order valence-electron chi connectivity index (χ2n) is 3.74. The fraction of sp³-hybridized carbons (Fsp3) is 0.364. The molecule has 0 fully saturated rings. The van der Waals surface area contributed by atoms with Gasteiger partial charge in [0.2, 0.25) is 5.89 Å². The number of nitrogens with zero attached hydrogens (tertiary/aromatic N) is 3. The Kier molecular flexibility index (Phi) is 3.42. The Bertz CT molecular complexity index is 558. The molecule has 2 aromatic rings. The van der Waals surface area contributed by atoms with E-state index in [0.717, 1.165) is 12.2 Å². The first-order valence-electron chi connectivity index (χ1n) is 5.64. The summed E-state index contributed by atoms with van der Waals surface area (Å²) >= 11 is 0. The Morgan fingerprint density at radius 3 is 2.94 bits per heavy atom. The Balaban J connectivity index is 2.13. The minimum Gasteiger partial charge on any atom is -0.447 e. The van der Waals surface area contributed by atoms with E-state index in [2.05, 4.69) is 15.4 Å². The lowest BCUT2D eigenvalue weighted by molar-refractivity contribution is 0.102. The normalized spacial score (nSPS) is 10.6. The SMILES string of the molecule is CCn1ncc(NC(=O)c2coc(CN)n2)c1C. The summed E-state index contributed by atoms with van der Waals surface area (Å²) in [5.74, 6) is -0.00155. The van der Waals surface area contributed by atoms with Crippen molar-refractivity contribution in [2.24, 2.45) is 5.73 Å². The molecule has 0 atom stereocenters. The molecule has 1 amide bonds. The maximum atomic E-state index is 11.9. The Morgan fingerprint density at radius 2 is 2.39 bits per heavy atom. The van der Waals surface area contributed by atoms with Crippen molar-refractivity contribution >= 4 is 11.6 Å². The molecule has 7 heteroatoms. The zero-order valence-electron chi connectivity index (χ0n) is 10.3. The van der Waals surface area contributed by atoms with Crippen LogP contribution in [0.25, 0.3) is 0 Å². The Morgan fingerprint density at radius 1 is 1.61 bits per heavy atom. The maximum Gasteiger partial charge on any atom is 0.277 e. The number of rotatable bonds is 4. The van der Waals surface area contributed by atoms with E-state index in [1.165, 1.54) is 6.26 Å². The summed E-state index contributed by atoms with van der Waals surface area (Å²) < 4.78 is 6.81. The van der Waals surface area contributed by atoms with Gasteiger partial charge in [0.1, 0.15) is 6.26 Å². The zero-order valence-corrected chi connectivity index (χ0v) is 10.3. The van der Waals surface area contributed by atoms with Crippen molar-refractivity contribution in [1.82, 2.24) is 14.8 Å². The molecule has 0 unspecified atom stereocenters. The van der Waals surface area contributed by atoms with Gasteiger partial charge in [0, 0.05) is 6.54 Å². The second kappa shape index (κ2) is 5.01. The number of carbonyl (C=O) groups is 1. The average Bonchev–Trinajstić information content (AvgIpc) is 2.97. The van der Waals surface area contributed by atoms with E-state index in [0.29, 0.717) is 11.6 Å². The van der Waals surface area contributed by atoms with Crippen LogP contribution in [-0.2, 0) is 13.1 Å². The molecule has 18 heavy (non-hydrogen) atoms. The highest BCUT2D eigenvalue weighted by atomic mass is 16.3. The van der Waals surface area contributed by atoms with E-state index in [4.69, 9.17) is 10.2 Å². The van der Waals surface area contributed by atoms with Gasteiger partial charge in [-0.2, -0.15) is 5.10 Å². The van der Waals surface area contributed by atoms with Crippen LogP contribution in [0.15, 0.2) is 16.9 Å². The van der Waals surface area contributed by atoms with Gasteiger partial charge in [-0.3, -0.25) is 9.48 Å². The van der Waals surface area contributed by atoms with Crippen molar-refractivity contribution in [2.75, 3.05) is 5.32 Å². The molecule has 0 bridgehead atoms. The van der Waals surface area contributed by atoms with Crippen LogP contribution in [0, 0.1) is 6.92 Å². The molecule has 0 aromatic carbocycles. The summed E-state index contributed by atoms with van der Waals surface area (Å²) in [7, 11) is 0. The average molecular weight is 249 g/mol. The molecule has 96 valence electrons. The van der Waals surface area contributed by atoms with Gasteiger partial charge in [0.15, 0.2) is 5.69 Å². The number of carbonyl (C=O) groups excluding carboxylic acids is 1. The molecule has 0 saturated carbocycles. The maximum absolute atomic E-state index is 11.9. The van der Waals surface area contributed by atoms with Crippen molar-refractivity contribution in [2.45, 2.75) is 26.9 Å². The zero-order chi connectivity index (χ0) is 13.1. The van der Waals surface area contributed by atoms with Gasteiger partial charge in [-0.15, -0.1) is 0 Å². The molecule has 0 radical (unpaired) electrons. The topological polar surface area (TPSA) is 99.0 Å². The molecule has 2 aromatic heterocycles. The van der Waals surface area contributed by atoms with E-state index >= 15 is 0 Å². The lowest BCUT2D eigenvalue weighted by Gasteiger charge is -2.02. The van der Waals surface area contributed by atoms with Crippen LogP contribution < -0.4 is 11.1 Å². The molecule has 0 spiro atoms. The highest BCUT2D eigenvalue weighted by molar-refractivity contribution is 6.02. The third-order valence-corrected chi connectivity index (χ3v) is 2.61. The fourth-order valence-electron chi connectivity index (χ4n) is 1.58. The molecule has 2 heterocycles. The van der Waals surface area contributed by atoms with Gasteiger partial charge in [0.25, 0.3) is 5.91 Å². The van der Waals surface area contributed by atoms with E-state index in [9.17, 15) is 4.79 Å². The predicted octanol–water partition coefficient (Wildman–Crippen LogP) is 0.910. The quantitative estimate of drug-likeness (QED) is 0.839. The van der Waals surface area contributed by atoms with Crippen molar-refractivity contribution in [1.29, 1.82) is 0 Å². The van der Waals surface area contributed by atoms with Gasteiger partial charge in [0.05, 0.1) is 24.1 Å². The van der Waals surface area contributed by atoms with Crippen molar-refractivity contribution in [3.63, 3.8) is 0 Å². The molecule has 0 aliphatic heterocycles. The number of hydrogen-bond donors (Lipinski definition) is 2. The first-order valence-corrected chi connectivity index (χ1v) is 5.64. The number of amides is 1. The standard InChI is InChI=1S/C11H15N5O2/c1-3-16-7(2)8(5-13-16)15-11(17)9-6-18-10(4-12)14-9/h5-6H,3-4,12H2,1-2H3,(H,15,17). The number of nitrogens with one attached hydrogen (secondary N) is 1. The number of aryl methyl sites for hydroxylation is 1. The van der Waals surface area contributed by atoms with Crippen LogP contribution in [0.1, 0.15) is 29.0 Å². The number of anilines is 1. The molecule has 7 nitrogen and oxygen atoms in total. The van der Waals surface area contributed by atoms with Gasteiger partial charge >= 0.3 is 0 Å². The van der Waals surface area contributed by atoms with Crippen LogP contribution in [0.4, 0.5) is 5.69 Å². The third kappa shape index (κ3) is 2.25. The highest BCUT2D eigenvalue weighted by Crippen LogP contribution is 2.14. The first-order chi connectivity index (χ1) is 8.65. The summed E-state index contributed by atoms with van der Waals surface area (Å²) in [5, 5.41) is 6.87. The van der Waals surface area contributed by atoms with Crippen LogP contribution in [0.2, 0.25) is 0 Å². The fourth-order valence-corrected chi connectivity index (χ4v) is 1.58. The molecule has 0 aliphatic carbocycles. The molecular formula is C11H15N5O2. The number of oxazole rings is 1. The summed E-state index contributed by atoms with van der Waals surface area (Å²) in [6.07, 6.45) is 2.90. The van der Waals surface area contributed by atoms with Gasteiger partial charge in [-0.1, -0.05) is 0 Å². The third-order valence-electron chi connectivity index (χ3n) is 2.61. The van der Waals surface area contributed by atoms with Gasteiger partial charge < -0.3 is 15.5 Å². The van der Waals surface area contributed by atoms with Gasteiger partial charge in [-0.25, -0.2) is 4.98 Å². The molecule has 0 saturated heterocycles. The van der Waals surface area contributed by atoms with Gasteiger partial charge in [-0.05, 0) is 13.8 Å². The number of hydrogen-bond acceptors (Lipinski definition) is 5. The summed E-state index contributed by atoms with van der Waals surface area (Å²) in [6, 6.07) is 0. The second-order valence-corrected chi connectivity index (χ2v) is 3.74. The largest absolute Gasteiger partial charge is 0.447 e. The van der Waals surface area contributed by atoms with E-state index in [-0.39, 0.29) is 18.1 Å². The van der Waals surface area contributed by atoms with Crippen LogP contribution in [-0.4, -0.2) is 20.7 Å².